The number of nitrogens with zero attached hydrogens (tertiary/aromatic N) is 2. The summed E-state index contributed by atoms with van der Waals surface area (Å²) in [5.41, 5.74) is 0.618. The van der Waals surface area contributed by atoms with Crippen molar-refractivity contribution in [3.63, 3.8) is 0 Å². The van der Waals surface area contributed by atoms with Crippen LogP contribution in [0.2, 0.25) is 0 Å². The molecule has 0 spiro atoms. The minimum atomic E-state index is -0.759. The normalized spacial score (nSPS) is 41.3. The van der Waals surface area contributed by atoms with Crippen molar-refractivity contribution in [2.24, 2.45) is 22.2 Å². The second-order valence-corrected chi connectivity index (χ2v) is 10.9. The van der Waals surface area contributed by atoms with E-state index < -0.39 is 5.97 Å². The molecule has 152 valence electrons. The van der Waals surface area contributed by atoms with Crippen molar-refractivity contribution in [2.45, 2.75) is 78.2 Å². The van der Waals surface area contributed by atoms with Crippen LogP contribution in [0.5, 0.6) is 0 Å². The summed E-state index contributed by atoms with van der Waals surface area (Å²) in [5.74, 6) is 0.401. The number of hydrogen-bond donors (Lipinski definition) is 1. The van der Waals surface area contributed by atoms with Crippen molar-refractivity contribution in [3.8, 4) is 0 Å². The SMILES string of the molecule is CCN(CC(=O)O)C1CCN(C(=O)C23CC4CC(C)(CC(C)(C4)C2)C3)CC1. The highest BCUT2D eigenvalue weighted by Gasteiger charge is 2.63. The molecule has 1 aliphatic heterocycles. The van der Waals surface area contributed by atoms with Crippen LogP contribution in [0.1, 0.15) is 72.1 Å². The van der Waals surface area contributed by atoms with E-state index >= 15 is 0 Å². The molecule has 1 N–H and O–H groups in total. The first-order valence-corrected chi connectivity index (χ1v) is 10.9. The van der Waals surface area contributed by atoms with E-state index in [0.717, 1.165) is 57.7 Å². The van der Waals surface area contributed by atoms with Gasteiger partial charge in [0.2, 0.25) is 5.91 Å². The lowest BCUT2D eigenvalue weighted by Crippen LogP contribution is -2.61. The van der Waals surface area contributed by atoms with Crippen LogP contribution < -0.4 is 0 Å². The Hall–Kier alpha value is -1.10. The van der Waals surface area contributed by atoms with E-state index in [2.05, 4.69) is 23.6 Å². The molecule has 0 aromatic rings. The quantitative estimate of drug-likeness (QED) is 0.799. The van der Waals surface area contributed by atoms with Crippen LogP contribution in [0.4, 0.5) is 0 Å². The minimum absolute atomic E-state index is 0.109. The standard InChI is InChI=1S/C22H36N2O3/c1-4-23(12-18(25)26)17-5-7-24(8-6-17)19(27)22-11-16-9-20(2,14-22)13-21(3,10-16)15-22/h16-17H,4-15H2,1-3H3,(H,25,26). The van der Waals surface area contributed by atoms with E-state index in [1.54, 1.807) is 0 Å². The molecular weight excluding hydrogens is 340 g/mol. The zero-order chi connectivity index (χ0) is 19.4. The lowest BCUT2D eigenvalue weighted by molar-refractivity contribution is -0.180. The summed E-state index contributed by atoms with van der Waals surface area (Å²) in [6, 6.07) is 0.293. The molecule has 4 bridgehead atoms. The van der Waals surface area contributed by atoms with Gasteiger partial charge in [0.15, 0.2) is 0 Å². The van der Waals surface area contributed by atoms with Gasteiger partial charge in [0.25, 0.3) is 0 Å². The summed E-state index contributed by atoms with van der Waals surface area (Å²) >= 11 is 0. The van der Waals surface area contributed by atoms with Gasteiger partial charge in [-0.1, -0.05) is 20.8 Å². The van der Waals surface area contributed by atoms with Gasteiger partial charge in [-0.15, -0.1) is 0 Å². The van der Waals surface area contributed by atoms with E-state index in [1.165, 1.54) is 19.3 Å². The first-order valence-electron chi connectivity index (χ1n) is 10.9. The highest BCUT2D eigenvalue weighted by molar-refractivity contribution is 5.83. The Morgan fingerprint density at radius 2 is 1.63 bits per heavy atom. The van der Waals surface area contributed by atoms with Crippen molar-refractivity contribution in [3.05, 3.63) is 0 Å². The van der Waals surface area contributed by atoms with Crippen LogP contribution in [0.3, 0.4) is 0 Å². The van der Waals surface area contributed by atoms with Gasteiger partial charge in [0.05, 0.1) is 12.0 Å². The Balaban J connectivity index is 1.43. The number of amides is 1. The Kier molecular flexibility index (Phi) is 4.60. The number of likely N-dealkylation sites (tertiary alicyclic amines) is 1. The number of aliphatic carboxylic acids is 1. The molecule has 4 aliphatic carbocycles. The van der Waals surface area contributed by atoms with Gasteiger partial charge in [-0.05, 0) is 74.7 Å². The van der Waals surface area contributed by atoms with Gasteiger partial charge in [0.1, 0.15) is 0 Å². The van der Waals surface area contributed by atoms with Gasteiger partial charge in [-0.3, -0.25) is 14.5 Å². The third-order valence-electron chi connectivity index (χ3n) is 8.09. The number of carbonyl (C=O) groups excluding carboxylic acids is 1. The van der Waals surface area contributed by atoms with Crippen molar-refractivity contribution in [2.75, 3.05) is 26.2 Å². The molecule has 2 atom stereocenters. The summed E-state index contributed by atoms with van der Waals surface area (Å²) in [4.78, 5) is 29.0. The molecule has 1 heterocycles. The fraction of sp³-hybridized carbons (Fsp3) is 0.909. The van der Waals surface area contributed by atoms with E-state index in [-0.39, 0.29) is 12.0 Å². The van der Waals surface area contributed by atoms with Crippen LogP contribution in [0, 0.1) is 22.2 Å². The van der Waals surface area contributed by atoms with Crippen molar-refractivity contribution in [1.29, 1.82) is 0 Å². The maximum absolute atomic E-state index is 13.7. The van der Waals surface area contributed by atoms with E-state index in [4.69, 9.17) is 5.11 Å². The maximum atomic E-state index is 13.7. The van der Waals surface area contributed by atoms with E-state index in [1.807, 2.05) is 6.92 Å². The lowest BCUT2D eigenvalue weighted by atomic mass is 9.40. The van der Waals surface area contributed by atoms with Crippen LogP contribution in [0.15, 0.2) is 0 Å². The van der Waals surface area contributed by atoms with Gasteiger partial charge in [0, 0.05) is 19.1 Å². The zero-order valence-corrected chi connectivity index (χ0v) is 17.3. The number of piperidine rings is 1. The average Bonchev–Trinajstić information content (AvgIpc) is 2.56. The van der Waals surface area contributed by atoms with Gasteiger partial charge < -0.3 is 10.0 Å². The molecule has 5 heteroatoms. The fourth-order valence-corrected chi connectivity index (χ4v) is 8.13. The van der Waals surface area contributed by atoms with Crippen molar-refractivity contribution < 1.29 is 14.7 Å². The Labute approximate surface area is 163 Å². The van der Waals surface area contributed by atoms with E-state index in [9.17, 15) is 9.59 Å². The highest BCUT2D eigenvalue weighted by Crippen LogP contribution is 2.69. The third-order valence-corrected chi connectivity index (χ3v) is 8.09. The Morgan fingerprint density at radius 3 is 2.11 bits per heavy atom. The second kappa shape index (κ2) is 6.47. The number of hydrogen-bond acceptors (Lipinski definition) is 3. The minimum Gasteiger partial charge on any atom is -0.480 e. The highest BCUT2D eigenvalue weighted by atomic mass is 16.4. The Morgan fingerprint density at radius 1 is 1.04 bits per heavy atom. The molecule has 1 saturated heterocycles. The molecule has 0 aromatic carbocycles. The monoisotopic (exact) mass is 376 g/mol. The summed E-state index contributed by atoms with van der Waals surface area (Å²) < 4.78 is 0. The van der Waals surface area contributed by atoms with Crippen molar-refractivity contribution >= 4 is 11.9 Å². The lowest BCUT2D eigenvalue weighted by Gasteiger charge is -2.65. The van der Waals surface area contributed by atoms with Gasteiger partial charge in [-0.2, -0.15) is 0 Å². The number of carboxylic acid groups (broad SMARTS) is 1. The van der Waals surface area contributed by atoms with Crippen molar-refractivity contribution in [1.82, 2.24) is 9.80 Å². The summed E-state index contributed by atoms with van der Waals surface area (Å²) in [6.07, 6.45) is 9.03. The maximum Gasteiger partial charge on any atom is 0.317 e. The molecule has 0 radical (unpaired) electrons. The first kappa shape index (κ1) is 19.2. The smallest absolute Gasteiger partial charge is 0.317 e. The Bertz CT molecular complexity index is 607. The number of rotatable bonds is 5. The van der Waals surface area contributed by atoms with E-state index in [0.29, 0.717) is 22.8 Å². The molecule has 5 aliphatic rings. The predicted octanol–water partition coefficient (Wildman–Crippen LogP) is 3.38. The fourth-order valence-electron chi connectivity index (χ4n) is 8.13. The molecule has 0 aromatic heterocycles. The molecule has 1 amide bonds. The number of carbonyl (C=O) groups is 2. The molecular formula is C22H36N2O3. The second-order valence-electron chi connectivity index (χ2n) is 10.9. The van der Waals surface area contributed by atoms with Crippen LogP contribution in [0.25, 0.3) is 0 Å². The first-order chi connectivity index (χ1) is 12.7. The van der Waals surface area contributed by atoms with Gasteiger partial charge >= 0.3 is 5.97 Å². The zero-order valence-electron chi connectivity index (χ0n) is 17.3. The molecule has 5 nitrogen and oxygen atoms in total. The molecule has 27 heavy (non-hydrogen) atoms. The molecule has 5 fully saturated rings. The molecule has 2 unspecified atom stereocenters. The third kappa shape index (κ3) is 3.41. The summed E-state index contributed by atoms with van der Waals surface area (Å²) in [5, 5.41) is 9.12. The number of likely N-dealkylation sites (N-methyl/N-ethyl adjacent to an activating group) is 1. The molecule has 4 saturated carbocycles. The van der Waals surface area contributed by atoms with Gasteiger partial charge in [-0.25, -0.2) is 0 Å². The average molecular weight is 377 g/mol. The number of carboxylic acids is 1. The summed E-state index contributed by atoms with van der Waals surface area (Å²) in [7, 11) is 0. The van der Waals surface area contributed by atoms with Crippen LogP contribution in [-0.4, -0.2) is 59.0 Å². The topological polar surface area (TPSA) is 60.9 Å². The van der Waals surface area contributed by atoms with Crippen LogP contribution >= 0.6 is 0 Å². The van der Waals surface area contributed by atoms with Crippen LogP contribution in [-0.2, 0) is 9.59 Å². The largest absolute Gasteiger partial charge is 0.480 e. The predicted molar refractivity (Wildman–Crippen MR) is 104 cm³/mol. The molecule has 5 rings (SSSR count). The summed E-state index contributed by atoms with van der Waals surface area (Å²) in [6.45, 7) is 9.32.